The van der Waals surface area contributed by atoms with E-state index in [4.69, 9.17) is 0 Å². The molecule has 1 rings (SSSR count). The number of thioether (sulfide) groups is 1. The molecular formula is C11H13F3S. The van der Waals surface area contributed by atoms with E-state index in [0.717, 1.165) is 11.6 Å². The monoisotopic (exact) mass is 234 g/mol. The molecule has 0 spiro atoms. The van der Waals surface area contributed by atoms with Crippen molar-refractivity contribution in [1.82, 2.24) is 0 Å². The zero-order valence-electron chi connectivity index (χ0n) is 8.64. The number of hydrogen-bond donors (Lipinski definition) is 0. The van der Waals surface area contributed by atoms with Crippen molar-refractivity contribution in [3.8, 4) is 0 Å². The van der Waals surface area contributed by atoms with Gasteiger partial charge in [0.15, 0.2) is 0 Å². The first-order valence-corrected chi connectivity index (χ1v) is 5.72. The van der Waals surface area contributed by atoms with Crippen LogP contribution in [0.15, 0.2) is 24.3 Å². The summed E-state index contributed by atoms with van der Waals surface area (Å²) in [6.07, 6.45) is -4.24. The summed E-state index contributed by atoms with van der Waals surface area (Å²) in [5.74, 6) is 0.627. The standard InChI is InChI=1S/C11H13F3S/c1-8(2)15-7-9-4-3-5-10(6-9)11(12,13)14/h3-6,8H,7H2,1-2H3. The van der Waals surface area contributed by atoms with E-state index >= 15 is 0 Å². The number of hydrogen-bond acceptors (Lipinski definition) is 1. The SMILES string of the molecule is CC(C)SCc1cccc(C(F)(F)F)c1. The second-order valence-corrected chi connectivity index (χ2v) is 5.12. The van der Waals surface area contributed by atoms with Gasteiger partial charge in [0.2, 0.25) is 0 Å². The van der Waals surface area contributed by atoms with Gasteiger partial charge in [-0.3, -0.25) is 0 Å². The number of rotatable bonds is 3. The van der Waals surface area contributed by atoms with Gasteiger partial charge in [-0.05, 0) is 16.9 Å². The number of alkyl halides is 3. The highest BCUT2D eigenvalue weighted by atomic mass is 32.2. The van der Waals surface area contributed by atoms with Gasteiger partial charge in [-0.25, -0.2) is 0 Å². The molecule has 0 radical (unpaired) electrons. The fourth-order valence-electron chi connectivity index (χ4n) is 1.10. The van der Waals surface area contributed by atoms with Crippen molar-refractivity contribution >= 4 is 11.8 Å². The lowest BCUT2D eigenvalue weighted by molar-refractivity contribution is -0.137. The molecule has 0 nitrogen and oxygen atoms in total. The van der Waals surface area contributed by atoms with E-state index in [9.17, 15) is 13.2 Å². The molecule has 15 heavy (non-hydrogen) atoms. The molecule has 1 aromatic rings. The van der Waals surface area contributed by atoms with E-state index in [1.807, 2.05) is 13.8 Å². The summed E-state index contributed by atoms with van der Waals surface area (Å²) in [7, 11) is 0. The Bertz CT molecular complexity index is 318. The maximum atomic E-state index is 12.4. The Kier molecular flexibility index (Phi) is 4.08. The fourth-order valence-corrected chi connectivity index (χ4v) is 1.81. The average Bonchev–Trinajstić information content (AvgIpc) is 2.14. The number of benzene rings is 1. The van der Waals surface area contributed by atoms with Crippen LogP contribution >= 0.6 is 11.8 Å². The van der Waals surface area contributed by atoms with Crippen LogP contribution in [-0.4, -0.2) is 5.25 Å². The van der Waals surface area contributed by atoms with Gasteiger partial charge in [-0.2, -0.15) is 24.9 Å². The summed E-state index contributed by atoms with van der Waals surface area (Å²) in [6, 6.07) is 5.50. The first-order chi connectivity index (χ1) is 6.89. The lowest BCUT2D eigenvalue weighted by Gasteiger charge is -2.09. The Labute approximate surface area is 91.9 Å². The quantitative estimate of drug-likeness (QED) is 0.749. The molecule has 4 heteroatoms. The van der Waals surface area contributed by atoms with E-state index in [0.29, 0.717) is 11.0 Å². The van der Waals surface area contributed by atoms with Gasteiger partial charge < -0.3 is 0 Å². The minimum atomic E-state index is -4.24. The molecule has 1 aromatic carbocycles. The minimum Gasteiger partial charge on any atom is -0.166 e. The van der Waals surface area contributed by atoms with Crippen molar-refractivity contribution in [2.24, 2.45) is 0 Å². The highest BCUT2D eigenvalue weighted by Crippen LogP contribution is 2.30. The molecule has 0 aliphatic rings. The highest BCUT2D eigenvalue weighted by Gasteiger charge is 2.30. The fraction of sp³-hybridized carbons (Fsp3) is 0.455. The molecule has 0 heterocycles. The largest absolute Gasteiger partial charge is 0.416 e. The zero-order chi connectivity index (χ0) is 11.5. The van der Waals surface area contributed by atoms with Crippen LogP contribution in [0.3, 0.4) is 0 Å². The summed E-state index contributed by atoms with van der Waals surface area (Å²) < 4.78 is 37.1. The van der Waals surface area contributed by atoms with Crippen LogP contribution in [0.1, 0.15) is 25.0 Å². The van der Waals surface area contributed by atoms with Crippen LogP contribution in [-0.2, 0) is 11.9 Å². The van der Waals surface area contributed by atoms with E-state index < -0.39 is 11.7 Å². The Balaban J connectivity index is 2.75. The van der Waals surface area contributed by atoms with Crippen LogP contribution < -0.4 is 0 Å². The van der Waals surface area contributed by atoms with Gasteiger partial charge in [0, 0.05) is 5.75 Å². The first-order valence-electron chi connectivity index (χ1n) is 4.67. The van der Waals surface area contributed by atoms with Crippen molar-refractivity contribution in [3.05, 3.63) is 35.4 Å². The average molecular weight is 234 g/mol. The molecule has 0 saturated heterocycles. The maximum Gasteiger partial charge on any atom is 0.416 e. The number of halogens is 3. The molecule has 0 amide bonds. The van der Waals surface area contributed by atoms with Crippen molar-refractivity contribution < 1.29 is 13.2 Å². The van der Waals surface area contributed by atoms with Crippen LogP contribution in [0.4, 0.5) is 13.2 Å². The van der Waals surface area contributed by atoms with Crippen LogP contribution in [0.2, 0.25) is 0 Å². The molecule has 0 aliphatic heterocycles. The molecule has 0 N–H and O–H groups in total. The highest BCUT2D eigenvalue weighted by molar-refractivity contribution is 7.99. The third kappa shape index (κ3) is 4.16. The van der Waals surface area contributed by atoms with Crippen LogP contribution in [0.5, 0.6) is 0 Å². The van der Waals surface area contributed by atoms with Crippen LogP contribution in [0.25, 0.3) is 0 Å². The second-order valence-electron chi connectivity index (χ2n) is 3.56. The normalized spacial score (nSPS) is 12.1. The molecule has 0 unspecified atom stereocenters. The second kappa shape index (κ2) is 4.92. The molecule has 0 saturated carbocycles. The van der Waals surface area contributed by atoms with Crippen LogP contribution in [0, 0.1) is 0 Å². The smallest absolute Gasteiger partial charge is 0.166 e. The predicted octanol–water partition coefficient (Wildman–Crippen LogP) is 4.35. The molecule has 0 bridgehead atoms. The van der Waals surface area contributed by atoms with Crippen molar-refractivity contribution in [2.75, 3.05) is 0 Å². The molecule has 0 atom stereocenters. The predicted molar refractivity (Wildman–Crippen MR) is 57.9 cm³/mol. The molecule has 0 fully saturated rings. The Hall–Kier alpha value is -0.640. The Morgan fingerprint density at radius 2 is 1.93 bits per heavy atom. The van der Waals surface area contributed by atoms with Crippen molar-refractivity contribution in [1.29, 1.82) is 0 Å². The van der Waals surface area contributed by atoms with E-state index in [2.05, 4.69) is 0 Å². The van der Waals surface area contributed by atoms with Crippen molar-refractivity contribution in [3.63, 3.8) is 0 Å². The third-order valence-corrected chi connectivity index (χ3v) is 3.00. The Morgan fingerprint density at radius 3 is 2.47 bits per heavy atom. The minimum absolute atomic E-state index is 0.430. The van der Waals surface area contributed by atoms with E-state index in [1.54, 1.807) is 17.8 Å². The lowest BCUT2D eigenvalue weighted by atomic mass is 10.1. The third-order valence-electron chi connectivity index (χ3n) is 1.84. The van der Waals surface area contributed by atoms with E-state index in [-0.39, 0.29) is 0 Å². The van der Waals surface area contributed by atoms with E-state index in [1.165, 1.54) is 12.1 Å². The molecule has 84 valence electrons. The van der Waals surface area contributed by atoms with Crippen molar-refractivity contribution in [2.45, 2.75) is 31.0 Å². The maximum absolute atomic E-state index is 12.4. The zero-order valence-corrected chi connectivity index (χ0v) is 9.45. The van der Waals surface area contributed by atoms with Gasteiger partial charge in [0.05, 0.1) is 5.56 Å². The summed E-state index contributed by atoms with van der Waals surface area (Å²) >= 11 is 1.64. The lowest BCUT2D eigenvalue weighted by Crippen LogP contribution is -2.05. The van der Waals surface area contributed by atoms with Gasteiger partial charge in [-0.1, -0.05) is 32.0 Å². The molecule has 0 aliphatic carbocycles. The first kappa shape index (κ1) is 12.4. The summed E-state index contributed by atoms with van der Waals surface area (Å²) in [6.45, 7) is 4.05. The molecular weight excluding hydrogens is 221 g/mol. The van der Waals surface area contributed by atoms with Gasteiger partial charge in [-0.15, -0.1) is 0 Å². The molecule has 0 aromatic heterocycles. The summed E-state index contributed by atoms with van der Waals surface area (Å²) in [5.41, 5.74) is 0.160. The Morgan fingerprint density at radius 1 is 1.27 bits per heavy atom. The van der Waals surface area contributed by atoms with Gasteiger partial charge in [0.25, 0.3) is 0 Å². The summed E-state index contributed by atoms with van der Waals surface area (Å²) in [5, 5.41) is 0.430. The van der Waals surface area contributed by atoms with Gasteiger partial charge in [0.1, 0.15) is 0 Å². The van der Waals surface area contributed by atoms with Gasteiger partial charge >= 0.3 is 6.18 Å². The summed E-state index contributed by atoms with van der Waals surface area (Å²) in [4.78, 5) is 0. The topological polar surface area (TPSA) is 0 Å².